The molecule has 2 unspecified atom stereocenters. The van der Waals surface area contributed by atoms with Gasteiger partial charge in [-0.15, -0.1) is 0 Å². The summed E-state index contributed by atoms with van der Waals surface area (Å²) in [5, 5.41) is 3.62. The maximum atomic E-state index is 3.62. The van der Waals surface area contributed by atoms with Gasteiger partial charge in [0.05, 0.1) is 0 Å². The molecule has 0 amide bonds. The number of nitrogens with zero attached hydrogens (tertiary/aromatic N) is 2. The molecule has 19 heavy (non-hydrogen) atoms. The Morgan fingerprint density at radius 3 is 2.42 bits per heavy atom. The van der Waals surface area contributed by atoms with Crippen LogP contribution in [0.15, 0.2) is 0 Å². The normalized spacial score (nSPS) is 36.3. The van der Waals surface area contributed by atoms with E-state index in [-0.39, 0.29) is 0 Å². The average molecular weight is 267 g/mol. The van der Waals surface area contributed by atoms with Crippen LogP contribution in [0, 0.1) is 11.8 Å². The third kappa shape index (κ3) is 4.17. The Labute approximate surface area is 119 Å². The van der Waals surface area contributed by atoms with Gasteiger partial charge in [-0.25, -0.2) is 0 Å². The maximum Gasteiger partial charge on any atom is 0.0235 e. The molecule has 2 atom stereocenters. The summed E-state index contributed by atoms with van der Waals surface area (Å²) in [5.41, 5.74) is 0. The smallest absolute Gasteiger partial charge is 0.0235 e. The fourth-order valence-electron chi connectivity index (χ4n) is 3.88. The van der Waals surface area contributed by atoms with E-state index in [1.54, 1.807) is 0 Å². The molecule has 1 N–H and O–H groups in total. The van der Waals surface area contributed by atoms with Gasteiger partial charge in [-0.1, -0.05) is 19.8 Å². The highest BCUT2D eigenvalue weighted by Crippen LogP contribution is 2.32. The van der Waals surface area contributed by atoms with Crippen molar-refractivity contribution in [2.24, 2.45) is 11.8 Å². The first-order chi connectivity index (χ1) is 9.10. The number of rotatable bonds is 4. The van der Waals surface area contributed by atoms with E-state index in [9.17, 15) is 0 Å². The van der Waals surface area contributed by atoms with Crippen molar-refractivity contribution in [3.05, 3.63) is 0 Å². The summed E-state index contributed by atoms with van der Waals surface area (Å²) in [6.07, 6.45) is 7.04. The van der Waals surface area contributed by atoms with E-state index >= 15 is 0 Å². The summed E-state index contributed by atoms with van der Waals surface area (Å²) in [6, 6.07) is 1.45. The average Bonchev–Trinajstić information content (AvgIpc) is 2.41. The largest absolute Gasteiger partial charge is 0.317 e. The molecule has 0 bridgehead atoms. The van der Waals surface area contributed by atoms with Crippen molar-refractivity contribution in [1.82, 2.24) is 15.1 Å². The zero-order chi connectivity index (χ0) is 13.8. The monoisotopic (exact) mass is 267 g/mol. The molecule has 2 fully saturated rings. The standard InChI is InChI=1S/C16H33N3/c1-13-5-7-14(8-6-13)16(17-2)11-15-12-18(3)9-10-19(15)4/h13-17H,5-12H2,1-4H3. The fraction of sp³-hybridized carbons (Fsp3) is 1.00. The molecule has 0 aromatic heterocycles. The SMILES string of the molecule is CNC(CC1CN(C)CCN1C)C1CCC(C)CC1. The predicted molar refractivity (Wildman–Crippen MR) is 82.5 cm³/mol. The fourth-order valence-corrected chi connectivity index (χ4v) is 3.88. The quantitative estimate of drug-likeness (QED) is 0.841. The van der Waals surface area contributed by atoms with Crippen LogP contribution in [0.3, 0.4) is 0 Å². The Hall–Kier alpha value is -0.120. The minimum Gasteiger partial charge on any atom is -0.317 e. The van der Waals surface area contributed by atoms with Crippen LogP contribution >= 0.6 is 0 Å². The predicted octanol–water partition coefficient (Wildman–Crippen LogP) is 2.04. The Morgan fingerprint density at radius 1 is 1.11 bits per heavy atom. The van der Waals surface area contributed by atoms with Crippen molar-refractivity contribution in [1.29, 1.82) is 0 Å². The third-order valence-corrected chi connectivity index (χ3v) is 5.51. The van der Waals surface area contributed by atoms with Crippen LogP contribution in [0.2, 0.25) is 0 Å². The van der Waals surface area contributed by atoms with Gasteiger partial charge < -0.3 is 15.1 Å². The van der Waals surface area contributed by atoms with Crippen LogP contribution in [0.5, 0.6) is 0 Å². The molecule has 1 saturated heterocycles. The summed E-state index contributed by atoms with van der Waals surface area (Å²) >= 11 is 0. The number of hydrogen-bond acceptors (Lipinski definition) is 3. The molecule has 0 aromatic carbocycles. The number of hydrogen-bond donors (Lipinski definition) is 1. The summed E-state index contributed by atoms with van der Waals surface area (Å²) in [4.78, 5) is 5.05. The summed E-state index contributed by atoms with van der Waals surface area (Å²) < 4.78 is 0. The van der Waals surface area contributed by atoms with Crippen molar-refractivity contribution in [2.75, 3.05) is 40.8 Å². The van der Waals surface area contributed by atoms with E-state index in [0.717, 1.165) is 17.9 Å². The lowest BCUT2D eigenvalue weighted by molar-refractivity contribution is 0.0900. The van der Waals surface area contributed by atoms with Gasteiger partial charge in [0.25, 0.3) is 0 Å². The van der Waals surface area contributed by atoms with E-state index in [1.807, 2.05) is 0 Å². The minimum atomic E-state index is 0.714. The highest BCUT2D eigenvalue weighted by Gasteiger charge is 2.30. The first-order valence-corrected chi connectivity index (χ1v) is 8.16. The van der Waals surface area contributed by atoms with Crippen molar-refractivity contribution in [3.8, 4) is 0 Å². The molecule has 1 aliphatic heterocycles. The van der Waals surface area contributed by atoms with Gasteiger partial charge >= 0.3 is 0 Å². The van der Waals surface area contributed by atoms with Crippen LogP contribution in [0.4, 0.5) is 0 Å². The topological polar surface area (TPSA) is 18.5 Å². The molecule has 1 aliphatic carbocycles. The van der Waals surface area contributed by atoms with Gasteiger partial charge in [0.1, 0.15) is 0 Å². The Morgan fingerprint density at radius 2 is 1.79 bits per heavy atom. The van der Waals surface area contributed by atoms with Crippen LogP contribution in [-0.2, 0) is 0 Å². The molecule has 3 heteroatoms. The Bertz CT molecular complexity index is 261. The lowest BCUT2D eigenvalue weighted by atomic mass is 9.77. The molecule has 112 valence electrons. The second kappa shape index (κ2) is 7.05. The van der Waals surface area contributed by atoms with E-state index in [2.05, 4.69) is 43.2 Å². The molecular weight excluding hydrogens is 234 g/mol. The van der Waals surface area contributed by atoms with Crippen LogP contribution in [0.1, 0.15) is 39.0 Å². The third-order valence-electron chi connectivity index (χ3n) is 5.51. The van der Waals surface area contributed by atoms with Crippen LogP contribution in [-0.4, -0.2) is 62.7 Å². The molecule has 3 nitrogen and oxygen atoms in total. The summed E-state index contributed by atoms with van der Waals surface area (Å²) in [6.45, 7) is 6.09. The Balaban J connectivity index is 1.87. The second-order valence-corrected chi connectivity index (χ2v) is 7.05. The van der Waals surface area contributed by atoms with E-state index < -0.39 is 0 Å². The molecule has 1 heterocycles. The highest BCUT2D eigenvalue weighted by atomic mass is 15.3. The summed E-state index contributed by atoms with van der Waals surface area (Å²) in [7, 11) is 6.72. The highest BCUT2D eigenvalue weighted by molar-refractivity contribution is 4.87. The number of likely N-dealkylation sites (N-methyl/N-ethyl adjacent to an activating group) is 2. The lowest BCUT2D eigenvalue weighted by Crippen LogP contribution is -2.53. The molecular formula is C16H33N3. The zero-order valence-electron chi connectivity index (χ0n) is 13.4. The van der Waals surface area contributed by atoms with Gasteiger partial charge in [-0.3, -0.25) is 0 Å². The van der Waals surface area contributed by atoms with Gasteiger partial charge in [0.15, 0.2) is 0 Å². The molecule has 0 radical (unpaired) electrons. The van der Waals surface area contributed by atoms with Gasteiger partial charge in [0, 0.05) is 31.7 Å². The van der Waals surface area contributed by atoms with Gasteiger partial charge in [-0.2, -0.15) is 0 Å². The van der Waals surface area contributed by atoms with Gasteiger partial charge in [0.2, 0.25) is 0 Å². The van der Waals surface area contributed by atoms with Crippen molar-refractivity contribution < 1.29 is 0 Å². The van der Waals surface area contributed by atoms with Crippen molar-refractivity contribution in [3.63, 3.8) is 0 Å². The first kappa shape index (κ1) is 15.3. The minimum absolute atomic E-state index is 0.714. The number of piperazine rings is 1. The number of nitrogens with one attached hydrogen (secondary N) is 1. The van der Waals surface area contributed by atoms with E-state index in [1.165, 1.54) is 51.7 Å². The molecule has 2 aliphatic rings. The molecule has 0 spiro atoms. The van der Waals surface area contributed by atoms with Crippen molar-refractivity contribution in [2.45, 2.75) is 51.1 Å². The first-order valence-electron chi connectivity index (χ1n) is 8.16. The van der Waals surface area contributed by atoms with Crippen LogP contribution < -0.4 is 5.32 Å². The molecule has 1 saturated carbocycles. The maximum absolute atomic E-state index is 3.62. The second-order valence-electron chi connectivity index (χ2n) is 7.05. The molecule has 2 rings (SSSR count). The van der Waals surface area contributed by atoms with Crippen LogP contribution in [0.25, 0.3) is 0 Å². The van der Waals surface area contributed by atoms with Crippen molar-refractivity contribution >= 4 is 0 Å². The molecule has 0 aromatic rings. The summed E-state index contributed by atoms with van der Waals surface area (Å²) in [5.74, 6) is 1.86. The zero-order valence-corrected chi connectivity index (χ0v) is 13.4. The van der Waals surface area contributed by atoms with Gasteiger partial charge in [-0.05, 0) is 52.2 Å². The van der Waals surface area contributed by atoms with E-state index in [0.29, 0.717) is 6.04 Å². The van der Waals surface area contributed by atoms with E-state index in [4.69, 9.17) is 0 Å². The Kier molecular flexibility index (Phi) is 5.67. The lowest BCUT2D eigenvalue weighted by Gasteiger charge is -2.41.